The Bertz CT molecular complexity index is 2990. The van der Waals surface area contributed by atoms with Gasteiger partial charge in [0.05, 0.1) is 16.6 Å². The molecule has 0 amide bonds. The molecule has 0 bridgehead atoms. The maximum Gasteiger partial charge on any atom is 0.136 e. The number of fused-ring (bicyclic) bond motifs is 9. The molecule has 0 aliphatic heterocycles. The average molecular weight is 575 g/mol. The van der Waals surface area contributed by atoms with Gasteiger partial charge in [0.25, 0.3) is 0 Å². The molecule has 0 saturated heterocycles. The lowest BCUT2D eigenvalue weighted by Gasteiger charge is -2.12. The smallest absolute Gasteiger partial charge is 0.136 e. The number of hydrogen-bond donors (Lipinski definition) is 0. The molecular weight excluding hydrogens is 552 g/mol. The van der Waals surface area contributed by atoms with Gasteiger partial charge in [0.2, 0.25) is 0 Å². The fraction of sp³-hybridized carbons (Fsp3) is 0. The van der Waals surface area contributed by atoms with Gasteiger partial charge in [0.1, 0.15) is 22.3 Å². The molecule has 4 aromatic heterocycles. The first kappa shape index (κ1) is 23.3. The van der Waals surface area contributed by atoms with Crippen molar-refractivity contribution in [2.24, 2.45) is 0 Å². The quantitative estimate of drug-likeness (QED) is 0.193. The molecule has 0 radical (unpaired) electrons. The molecule has 0 fully saturated rings. The van der Waals surface area contributed by atoms with E-state index >= 15 is 0 Å². The van der Waals surface area contributed by atoms with Crippen LogP contribution in [0.15, 0.2) is 142 Å². The Balaban J connectivity index is 1.19. The second kappa shape index (κ2) is 8.28. The van der Waals surface area contributed by atoms with Crippen molar-refractivity contribution in [3.8, 4) is 16.8 Å². The molecule has 0 spiro atoms. The highest BCUT2D eigenvalue weighted by molar-refractivity contribution is 6.33. The molecule has 4 heteroatoms. The second-order valence-electron chi connectivity index (χ2n) is 11.9. The normalized spacial score (nSPS) is 12.4. The highest BCUT2D eigenvalue weighted by Crippen LogP contribution is 2.44. The summed E-state index contributed by atoms with van der Waals surface area (Å²) in [4.78, 5) is 4.83. The molecule has 208 valence electrons. The first-order chi connectivity index (χ1) is 22.3. The summed E-state index contributed by atoms with van der Waals surface area (Å²) in [6, 6.07) is 45.2. The highest BCUT2D eigenvalue weighted by Gasteiger charge is 2.20. The monoisotopic (exact) mass is 574 g/mol. The summed E-state index contributed by atoms with van der Waals surface area (Å²) in [5.41, 5.74) is 10.1. The third-order valence-corrected chi connectivity index (χ3v) is 9.56. The number of nitrogens with zero attached hydrogens (tertiary/aromatic N) is 2. The van der Waals surface area contributed by atoms with Gasteiger partial charge in [-0.05, 0) is 93.3 Å². The van der Waals surface area contributed by atoms with E-state index in [1.807, 2.05) is 24.4 Å². The number of furan rings is 2. The van der Waals surface area contributed by atoms with Crippen LogP contribution in [0.5, 0.6) is 0 Å². The van der Waals surface area contributed by atoms with Crippen molar-refractivity contribution in [3.05, 3.63) is 134 Å². The fourth-order valence-corrected chi connectivity index (χ4v) is 7.65. The maximum atomic E-state index is 6.51. The van der Waals surface area contributed by atoms with Gasteiger partial charge in [-0.1, -0.05) is 66.7 Å². The SMILES string of the molecule is c1cc(-c2cc3oc4cccc5c6ccccc6c(c2)c3c45)cc(-n2c3cc4c(cc3c3ncccc32)oc2ccccc24)c1. The number of benzene rings is 7. The Kier molecular flexibility index (Phi) is 4.29. The van der Waals surface area contributed by atoms with Crippen LogP contribution < -0.4 is 0 Å². The van der Waals surface area contributed by atoms with Crippen molar-refractivity contribution in [3.63, 3.8) is 0 Å². The van der Waals surface area contributed by atoms with Crippen LogP contribution >= 0.6 is 0 Å². The molecule has 7 aromatic carbocycles. The fourth-order valence-electron chi connectivity index (χ4n) is 7.65. The Hall–Kier alpha value is -6.13. The molecule has 11 rings (SSSR count). The number of para-hydroxylation sites is 1. The van der Waals surface area contributed by atoms with Crippen LogP contribution in [0.25, 0.3) is 104 Å². The summed E-state index contributed by atoms with van der Waals surface area (Å²) in [7, 11) is 0. The highest BCUT2D eigenvalue weighted by atomic mass is 16.3. The minimum Gasteiger partial charge on any atom is -0.456 e. The molecule has 0 unspecified atom stereocenters. The topological polar surface area (TPSA) is 44.1 Å². The van der Waals surface area contributed by atoms with Crippen molar-refractivity contribution in [1.82, 2.24) is 9.55 Å². The first-order valence-corrected chi connectivity index (χ1v) is 15.2. The van der Waals surface area contributed by atoms with Crippen LogP contribution in [0.2, 0.25) is 0 Å². The van der Waals surface area contributed by atoms with E-state index in [4.69, 9.17) is 13.8 Å². The van der Waals surface area contributed by atoms with E-state index in [2.05, 4.69) is 114 Å². The summed E-state index contributed by atoms with van der Waals surface area (Å²) >= 11 is 0. The predicted molar refractivity (Wildman–Crippen MR) is 185 cm³/mol. The van der Waals surface area contributed by atoms with Gasteiger partial charge in [-0.2, -0.15) is 0 Å². The van der Waals surface area contributed by atoms with Crippen LogP contribution in [0.4, 0.5) is 0 Å². The minimum absolute atomic E-state index is 0.874. The Morgan fingerprint density at radius 2 is 1.18 bits per heavy atom. The van der Waals surface area contributed by atoms with Gasteiger partial charge in [-0.25, -0.2) is 0 Å². The molecule has 45 heavy (non-hydrogen) atoms. The molecule has 0 aliphatic rings. The zero-order chi connectivity index (χ0) is 29.2. The van der Waals surface area contributed by atoms with E-state index in [0.717, 1.165) is 71.9 Å². The minimum atomic E-state index is 0.874. The van der Waals surface area contributed by atoms with E-state index < -0.39 is 0 Å². The van der Waals surface area contributed by atoms with Gasteiger partial charge < -0.3 is 13.4 Å². The Morgan fingerprint density at radius 3 is 2.11 bits per heavy atom. The summed E-state index contributed by atoms with van der Waals surface area (Å²) in [5, 5.41) is 10.6. The number of rotatable bonds is 2. The van der Waals surface area contributed by atoms with E-state index in [0.29, 0.717) is 0 Å². The summed E-state index contributed by atoms with van der Waals surface area (Å²) in [6.45, 7) is 0. The molecule has 0 atom stereocenters. The number of pyridine rings is 1. The van der Waals surface area contributed by atoms with Crippen molar-refractivity contribution in [2.45, 2.75) is 0 Å². The summed E-state index contributed by atoms with van der Waals surface area (Å²) < 4.78 is 15.1. The molecule has 0 N–H and O–H groups in total. The largest absolute Gasteiger partial charge is 0.456 e. The number of hydrogen-bond acceptors (Lipinski definition) is 3. The van der Waals surface area contributed by atoms with E-state index in [1.54, 1.807) is 0 Å². The van der Waals surface area contributed by atoms with Gasteiger partial charge in [-0.15, -0.1) is 0 Å². The average Bonchev–Trinajstić information content (AvgIpc) is 3.76. The third-order valence-electron chi connectivity index (χ3n) is 9.56. The van der Waals surface area contributed by atoms with Gasteiger partial charge in [-0.3, -0.25) is 4.98 Å². The van der Waals surface area contributed by atoms with Crippen molar-refractivity contribution >= 4 is 87.4 Å². The molecule has 11 aromatic rings. The van der Waals surface area contributed by atoms with Crippen molar-refractivity contribution in [1.29, 1.82) is 0 Å². The van der Waals surface area contributed by atoms with Gasteiger partial charge >= 0.3 is 0 Å². The van der Waals surface area contributed by atoms with Crippen LogP contribution in [0, 0.1) is 0 Å². The van der Waals surface area contributed by atoms with Crippen LogP contribution in [0.3, 0.4) is 0 Å². The molecule has 4 nitrogen and oxygen atoms in total. The van der Waals surface area contributed by atoms with E-state index in [-0.39, 0.29) is 0 Å². The first-order valence-electron chi connectivity index (χ1n) is 15.2. The predicted octanol–water partition coefficient (Wildman–Crippen LogP) is 11.4. The summed E-state index contributed by atoms with van der Waals surface area (Å²) in [6.07, 6.45) is 1.86. The standard InChI is InChI=1S/C41H22N2O2/c1-2-11-27-26(10-1)29-13-6-16-36-39(29)40-31(27)19-24(20-38(40)45-36)23-8-5-9-25(18-23)43-33-14-7-17-42-41(33)32-22-37-30(21-34(32)43)28-12-3-4-15-35(28)44-37/h1-22H. The van der Waals surface area contributed by atoms with Crippen LogP contribution in [-0.2, 0) is 0 Å². The summed E-state index contributed by atoms with van der Waals surface area (Å²) in [5.74, 6) is 0. The molecule has 0 aliphatic carbocycles. The van der Waals surface area contributed by atoms with Crippen molar-refractivity contribution < 1.29 is 8.83 Å². The van der Waals surface area contributed by atoms with E-state index in [9.17, 15) is 0 Å². The van der Waals surface area contributed by atoms with Gasteiger partial charge in [0.15, 0.2) is 0 Å². The maximum absolute atomic E-state index is 6.51. The van der Waals surface area contributed by atoms with Crippen LogP contribution in [-0.4, -0.2) is 9.55 Å². The zero-order valence-electron chi connectivity index (χ0n) is 23.9. The van der Waals surface area contributed by atoms with Crippen molar-refractivity contribution in [2.75, 3.05) is 0 Å². The number of aromatic nitrogens is 2. The van der Waals surface area contributed by atoms with Gasteiger partial charge in [0, 0.05) is 38.8 Å². The second-order valence-corrected chi connectivity index (χ2v) is 11.9. The lowest BCUT2D eigenvalue weighted by Crippen LogP contribution is -1.94. The lowest BCUT2D eigenvalue weighted by atomic mass is 9.92. The lowest BCUT2D eigenvalue weighted by molar-refractivity contribution is 0.669. The molecular formula is C41H22N2O2. The zero-order valence-corrected chi connectivity index (χ0v) is 23.9. The van der Waals surface area contributed by atoms with Crippen LogP contribution in [0.1, 0.15) is 0 Å². The molecule has 0 saturated carbocycles. The third kappa shape index (κ3) is 3.03. The Labute approximate surface area is 255 Å². The Morgan fingerprint density at radius 1 is 0.422 bits per heavy atom. The molecule has 4 heterocycles. The van der Waals surface area contributed by atoms with E-state index in [1.165, 1.54) is 32.3 Å².